The number of hydrogen-bond donors (Lipinski definition) is 1. The third kappa shape index (κ3) is 2.78. The van der Waals surface area contributed by atoms with Crippen LogP contribution in [0.15, 0.2) is 12.3 Å². The highest BCUT2D eigenvalue weighted by Gasteiger charge is 2.35. The summed E-state index contributed by atoms with van der Waals surface area (Å²) in [5.74, 6) is -0.0978. The molecule has 1 aromatic rings. The van der Waals surface area contributed by atoms with E-state index in [1.54, 1.807) is 31.4 Å². The molecule has 0 radical (unpaired) electrons. The van der Waals surface area contributed by atoms with E-state index in [-0.39, 0.29) is 18.1 Å². The van der Waals surface area contributed by atoms with Crippen LogP contribution in [0.1, 0.15) is 22.5 Å². The Hall–Kier alpha value is -1.84. The molecule has 0 spiro atoms. The Morgan fingerprint density at radius 3 is 3.00 bits per heavy atom. The van der Waals surface area contributed by atoms with Crippen molar-refractivity contribution in [3.63, 3.8) is 0 Å². The van der Waals surface area contributed by atoms with Crippen molar-refractivity contribution in [3.8, 4) is 6.07 Å². The van der Waals surface area contributed by atoms with E-state index in [0.29, 0.717) is 24.4 Å². The van der Waals surface area contributed by atoms with Gasteiger partial charge < -0.3 is 19.4 Å². The van der Waals surface area contributed by atoms with Crippen molar-refractivity contribution in [2.45, 2.75) is 18.6 Å². The van der Waals surface area contributed by atoms with Crippen molar-refractivity contribution in [1.82, 2.24) is 9.88 Å². The van der Waals surface area contributed by atoms with Crippen molar-refractivity contribution in [2.75, 3.05) is 27.4 Å². The van der Waals surface area contributed by atoms with Gasteiger partial charge in [0.2, 0.25) is 0 Å². The highest BCUT2D eigenvalue weighted by atomic mass is 16.5. The SMILES string of the molecule is COC[C@@H]1C[C@H](OC)CN1C(=O)c1c[nH]c(C#N)c1. The predicted molar refractivity (Wildman–Crippen MR) is 67.6 cm³/mol. The van der Waals surface area contributed by atoms with E-state index < -0.39 is 0 Å². The molecular weight excluding hydrogens is 246 g/mol. The number of likely N-dealkylation sites (tertiary alicyclic amines) is 1. The van der Waals surface area contributed by atoms with E-state index in [0.717, 1.165) is 6.42 Å². The highest BCUT2D eigenvalue weighted by molar-refractivity contribution is 5.94. The van der Waals surface area contributed by atoms with Crippen molar-refractivity contribution in [1.29, 1.82) is 5.26 Å². The van der Waals surface area contributed by atoms with E-state index in [4.69, 9.17) is 14.7 Å². The Kier molecular flexibility index (Phi) is 4.20. The molecule has 0 aromatic carbocycles. The van der Waals surface area contributed by atoms with Gasteiger partial charge in [0.1, 0.15) is 11.8 Å². The first kappa shape index (κ1) is 13.6. The van der Waals surface area contributed by atoms with Crippen LogP contribution in [-0.4, -0.2) is 55.3 Å². The van der Waals surface area contributed by atoms with E-state index in [1.807, 2.05) is 6.07 Å². The van der Waals surface area contributed by atoms with Crippen LogP contribution in [-0.2, 0) is 9.47 Å². The maximum atomic E-state index is 12.4. The number of amides is 1. The maximum Gasteiger partial charge on any atom is 0.255 e. The Morgan fingerprint density at radius 1 is 1.63 bits per heavy atom. The molecule has 102 valence electrons. The van der Waals surface area contributed by atoms with Crippen LogP contribution in [0, 0.1) is 11.3 Å². The summed E-state index contributed by atoms with van der Waals surface area (Å²) in [7, 11) is 3.26. The van der Waals surface area contributed by atoms with E-state index in [9.17, 15) is 4.79 Å². The number of ether oxygens (including phenoxy) is 2. The third-order valence-corrected chi connectivity index (χ3v) is 3.38. The van der Waals surface area contributed by atoms with E-state index in [1.165, 1.54) is 0 Å². The standard InChI is InChI=1S/C13H17N3O3/c1-18-8-11-4-12(19-2)7-16(11)13(17)9-3-10(5-14)15-6-9/h3,6,11-12,15H,4,7-8H2,1-2H3/t11-,12-/m0/s1. The molecule has 0 aliphatic carbocycles. The number of carbonyl (C=O) groups is 1. The number of nitriles is 1. The normalized spacial score (nSPS) is 22.5. The summed E-state index contributed by atoms with van der Waals surface area (Å²) < 4.78 is 10.5. The third-order valence-electron chi connectivity index (χ3n) is 3.38. The van der Waals surface area contributed by atoms with Gasteiger partial charge in [-0.05, 0) is 12.5 Å². The molecule has 1 aromatic heterocycles. The summed E-state index contributed by atoms with van der Waals surface area (Å²) in [6.45, 7) is 1.04. The molecular formula is C13H17N3O3. The molecule has 19 heavy (non-hydrogen) atoms. The first-order valence-corrected chi connectivity index (χ1v) is 6.10. The van der Waals surface area contributed by atoms with Crippen molar-refractivity contribution in [2.24, 2.45) is 0 Å². The van der Waals surface area contributed by atoms with Gasteiger partial charge in [0.25, 0.3) is 5.91 Å². The minimum atomic E-state index is -0.0978. The second-order valence-electron chi connectivity index (χ2n) is 4.57. The topological polar surface area (TPSA) is 78.3 Å². The molecule has 2 heterocycles. The lowest BCUT2D eigenvalue weighted by atomic mass is 10.2. The minimum Gasteiger partial charge on any atom is -0.383 e. The van der Waals surface area contributed by atoms with Gasteiger partial charge in [-0.2, -0.15) is 5.26 Å². The van der Waals surface area contributed by atoms with Crippen molar-refractivity contribution in [3.05, 3.63) is 23.5 Å². The maximum absolute atomic E-state index is 12.4. The minimum absolute atomic E-state index is 0.0166. The van der Waals surface area contributed by atoms with Crippen LogP contribution in [0.3, 0.4) is 0 Å². The van der Waals surface area contributed by atoms with Gasteiger partial charge in [0, 0.05) is 27.0 Å². The predicted octanol–water partition coefficient (Wildman–Crippen LogP) is 0.762. The number of methoxy groups -OCH3 is 2. The molecule has 1 N–H and O–H groups in total. The molecule has 0 bridgehead atoms. The summed E-state index contributed by atoms with van der Waals surface area (Å²) in [5, 5.41) is 8.77. The lowest BCUT2D eigenvalue weighted by Gasteiger charge is -2.23. The lowest BCUT2D eigenvalue weighted by molar-refractivity contribution is 0.0612. The van der Waals surface area contributed by atoms with Gasteiger partial charge in [-0.1, -0.05) is 0 Å². The lowest BCUT2D eigenvalue weighted by Crippen LogP contribution is -2.38. The summed E-state index contributed by atoms with van der Waals surface area (Å²) in [6, 6.07) is 3.55. The molecule has 1 aliphatic heterocycles. The fourth-order valence-corrected chi connectivity index (χ4v) is 2.39. The van der Waals surface area contributed by atoms with Crippen molar-refractivity contribution >= 4 is 5.91 Å². The fourth-order valence-electron chi connectivity index (χ4n) is 2.39. The fraction of sp³-hybridized carbons (Fsp3) is 0.538. The van der Waals surface area contributed by atoms with Crippen LogP contribution in [0.25, 0.3) is 0 Å². The average Bonchev–Trinajstić information content (AvgIpc) is 3.04. The summed E-state index contributed by atoms with van der Waals surface area (Å²) in [4.78, 5) is 16.9. The summed E-state index contributed by atoms with van der Waals surface area (Å²) >= 11 is 0. The average molecular weight is 263 g/mol. The number of nitrogens with one attached hydrogen (secondary N) is 1. The molecule has 1 aliphatic rings. The Balaban J connectivity index is 2.14. The largest absolute Gasteiger partial charge is 0.383 e. The highest BCUT2D eigenvalue weighted by Crippen LogP contribution is 2.22. The summed E-state index contributed by atoms with van der Waals surface area (Å²) in [5.41, 5.74) is 0.878. The second-order valence-corrected chi connectivity index (χ2v) is 4.57. The smallest absolute Gasteiger partial charge is 0.255 e. The first-order chi connectivity index (χ1) is 9.19. The molecule has 2 atom stereocenters. The number of aromatic nitrogens is 1. The molecule has 1 amide bonds. The summed E-state index contributed by atoms with van der Waals surface area (Å²) in [6.07, 6.45) is 2.37. The molecule has 2 rings (SSSR count). The van der Waals surface area contributed by atoms with Gasteiger partial charge >= 0.3 is 0 Å². The molecule has 1 saturated heterocycles. The van der Waals surface area contributed by atoms with Crippen LogP contribution >= 0.6 is 0 Å². The zero-order valence-electron chi connectivity index (χ0n) is 11.0. The zero-order chi connectivity index (χ0) is 13.8. The van der Waals surface area contributed by atoms with E-state index in [2.05, 4.69) is 4.98 Å². The van der Waals surface area contributed by atoms with E-state index >= 15 is 0 Å². The Bertz CT molecular complexity index is 492. The quantitative estimate of drug-likeness (QED) is 0.870. The Morgan fingerprint density at radius 2 is 2.42 bits per heavy atom. The molecule has 1 fully saturated rings. The van der Waals surface area contributed by atoms with Gasteiger partial charge in [-0.3, -0.25) is 4.79 Å². The van der Waals surface area contributed by atoms with Crippen LogP contribution in [0.2, 0.25) is 0 Å². The monoisotopic (exact) mass is 263 g/mol. The van der Waals surface area contributed by atoms with Gasteiger partial charge in [0.15, 0.2) is 0 Å². The van der Waals surface area contributed by atoms with Crippen LogP contribution < -0.4 is 0 Å². The number of aromatic amines is 1. The van der Waals surface area contributed by atoms with Crippen LogP contribution in [0.5, 0.6) is 0 Å². The number of H-pyrrole nitrogens is 1. The first-order valence-electron chi connectivity index (χ1n) is 6.10. The van der Waals surface area contributed by atoms with Gasteiger partial charge in [-0.25, -0.2) is 0 Å². The zero-order valence-corrected chi connectivity index (χ0v) is 11.0. The molecule has 6 nitrogen and oxygen atoms in total. The number of hydrogen-bond acceptors (Lipinski definition) is 4. The molecule has 6 heteroatoms. The number of nitrogens with zero attached hydrogens (tertiary/aromatic N) is 2. The number of carbonyl (C=O) groups excluding carboxylic acids is 1. The van der Waals surface area contributed by atoms with Crippen molar-refractivity contribution < 1.29 is 14.3 Å². The second kappa shape index (κ2) is 5.87. The molecule has 0 unspecified atom stereocenters. The number of rotatable bonds is 4. The van der Waals surface area contributed by atoms with Crippen LogP contribution in [0.4, 0.5) is 0 Å². The molecule has 0 saturated carbocycles. The van der Waals surface area contributed by atoms with Gasteiger partial charge in [-0.15, -0.1) is 0 Å². The van der Waals surface area contributed by atoms with Gasteiger partial charge in [0.05, 0.1) is 24.3 Å². The Labute approximate surface area is 111 Å².